The highest BCUT2D eigenvalue weighted by Crippen LogP contribution is 2.26. The first-order valence-electron chi connectivity index (χ1n) is 6.97. The van der Waals surface area contributed by atoms with E-state index in [4.69, 9.17) is 9.84 Å². The summed E-state index contributed by atoms with van der Waals surface area (Å²) in [5.41, 5.74) is 0. The molecule has 5 nitrogen and oxygen atoms in total. The van der Waals surface area contributed by atoms with Gasteiger partial charge in [-0.15, -0.1) is 0 Å². The molecule has 2 rings (SSSR count). The summed E-state index contributed by atoms with van der Waals surface area (Å²) in [4.78, 5) is 24.8. The summed E-state index contributed by atoms with van der Waals surface area (Å²) in [7, 11) is 0. The van der Waals surface area contributed by atoms with E-state index in [9.17, 15) is 14.0 Å². The molecule has 1 N–H and O–H groups in total. The number of amides is 1. The highest BCUT2D eigenvalue weighted by Gasteiger charge is 2.33. The van der Waals surface area contributed by atoms with E-state index in [0.29, 0.717) is 29.7 Å². The predicted molar refractivity (Wildman–Crippen MR) is 81.1 cm³/mol. The van der Waals surface area contributed by atoms with E-state index in [1.165, 1.54) is 18.2 Å². The van der Waals surface area contributed by atoms with Crippen LogP contribution in [0.4, 0.5) is 4.39 Å². The number of likely N-dealkylation sites (tertiary alicyclic amines) is 1. The number of hydrogen-bond acceptors (Lipinski definition) is 3. The fourth-order valence-corrected chi connectivity index (χ4v) is 3.03. The van der Waals surface area contributed by atoms with Crippen LogP contribution in [0, 0.1) is 17.7 Å². The molecule has 22 heavy (non-hydrogen) atoms. The van der Waals surface area contributed by atoms with Gasteiger partial charge in [-0.3, -0.25) is 9.59 Å². The summed E-state index contributed by atoms with van der Waals surface area (Å²) in [5.74, 6) is -1.51. The third-order valence-electron chi connectivity index (χ3n) is 3.82. The lowest BCUT2D eigenvalue weighted by atomic mass is 9.87. The minimum Gasteiger partial charge on any atom is -0.483 e. The second-order valence-electron chi connectivity index (χ2n) is 5.41. The van der Waals surface area contributed by atoms with Crippen molar-refractivity contribution in [3.05, 3.63) is 28.5 Å². The summed E-state index contributed by atoms with van der Waals surface area (Å²) in [6.07, 6.45) is 0.447. The van der Waals surface area contributed by atoms with Crippen LogP contribution in [0.3, 0.4) is 0 Å². The Balaban J connectivity index is 1.89. The molecular formula is C15H17BrFNO4. The van der Waals surface area contributed by atoms with Gasteiger partial charge in [0.05, 0.1) is 10.4 Å². The topological polar surface area (TPSA) is 66.8 Å². The lowest BCUT2D eigenvalue weighted by Crippen LogP contribution is -2.46. The van der Waals surface area contributed by atoms with Crippen LogP contribution in [-0.2, 0) is 9.59 Å². The van der Waals surface area contributed by atoms with Gasteiger partial charge < -0.3 is 14.7 Å². The van der Waals surface area contributed by atoms with Crippen LogP contribution in [0.25, 0.3) is 0 Å². The molecule has 2 unspecified atom stereocenters. The predicted octanol–water partition coefficient (Wildman–Crippen LogP) is 2.54. The first-order valence-corrected chi connectivity index (χ1v) is 7.76. The van der Waals surface area contributed by atoms with Gasteiger partial charge >= 0.3 is 5.97 Å². The zero-order valence-corrected chi connectivity index (χ0v) is 13.7. The van der Waals surface area contributed by atoms with Gasteiger partial charge in [-0.2, -0.15) is 0 Å². The smallest absolute Gasteiger partial charge is 0.306 e. The van der Waals surface area contributed by atoms with Crippen molar-refractivity contribution in [2.24, 2.45) is 11.8 Å². The van der Waals surface area contributed by atoms with Crippen LogP contribution in [0.2, 0.25) is 0 Å². The maximum absolute atomic E-state index is 13.0. The third kappa shape index (κ3) is 3.97. The molecule has 0 aliphatic carbocycles. The number of piperidine rings is 1. The van der Waals surface area contributed by atoms with Crippen molar-refractivity contribution >= 4 is 27.8 Å². The van der Waals surface area contributed by atoms with Gasteiger partial charge in [0, 0.05) is 13.1 Å². The molecule has 0 radical (unpaired) electrons. The van der Waals surface area contributed by atoms with E-state index in [-0.39, 0.29) is 18.4 Å². The molecule has 1 aromatic rings. The average Bonchev–Trinajstić information content (AvgIpc) is 2.45. The minimum atomic E-state index is -0.814. The molecule has 0 aromatic heterocycles. The van der Waals surface area contributed by atoms with Crippen molar-refractivity contribution in [2.75, 3.05) is 19.7 Å². The maximum atomic E-state index is 13.0. The van der Waals surface area contributed by atoms with E-state index < -0.39 is 17.7 Å². The number of benzene rings is 1. The third-order valence-corrected chi connectivity index (χ3v) is 4.44. The summed E-state index contributed by atoms with van der Waals surface area (Å²) in [6.45, 7) is 2.49. The average molecular weight is 374 g/mol. The summed E-state index contributed by atoms with van der Waals surface area (Å²) in [5, 5.41) is 9.07. The molecule has 1 saturated heterocycles. The van der Waals surface area contributed by atoms with Gasteiger partial charge in [0.15, 0.2) is 6.61 Å². The Kier molecular flexibility index (Phi) is 5.39. The highest BCUT2D eigenvalue weighted by molar-refractivity contribution is 9.10. The van der Waals surface area contributed by atoms with Gasteiger partial charge in [-0.25, -0.2) is 4.39 Å². The van der Waals surface area contributed by atoms with Crippen molar-refractivity contribution < 1.29 is 23.8 Å². The molecule has 0 saturated carbocycles. The number of carbonyl (C=O) groups excluding carboxylic acids is 1. The standard InChI is InChI=1S/C15H17BrFNO4/c1-9-7-18(5-4-11(9)15(20)21)14(19)8-22-13-3-2-10(17)6-12(13)16/h2-3,6,9,11H,4-5,7-8H2,1H3,(H,20,21). The van der Waals surface area contributed by atoms with E-state index in [1.54, 1.807) is 4.90 Å². The number of carboxylic acid groups (broad SMARTS) is 1. The fraction of sp³-hybridized carbons (Fsp3) is 0.467. The summed E-state index contributed by atoms with van der Waals surface area (Å²) < 4.78 is 18.8. The maximum Gasteiger partial charge on any atom is 0.306 e. The number of ether oxygens (including phenoxy) is 1. The van der Waals surface area contributed by atoms with Crippen molar-refractivity contribution in [3.63, 3.8) is 0 Å². The van der Waals surface area contributed by atoms with Crippen LogP contribution < -0.4 is 4.74 Å². The molecular weight excluding hydrogens is 357 g/mol. The summed E-state index contributed by atoms with van der Waals surface area (Å²) >= 11 is 3.17. The first-order chi connectivity index (χ1) is 10.4. The van der Waals surface area contributed by atoms with E-state index in [1.807, 2.05) is 6.92 Å². The number of halogens is 2. The van der Waals surface area contributed by atoms with Crippen LogP contribution in [0.15, 0.2) is 22.7 Å². The quantitative estimate of drug-likeness (QED) is 0.880. The van der Waals surface area contributed by atoms with Gasteiger partial charge in [0.25, 0.3) is 5.91 Å². The Bertz CT molecular complexity index is 581. The van der Waals surface area contributed by atoms with Crippen LogP contribution in [0.5, 0.6) is 5.75 Å². The van der Waals surface area contributed by atoms with Crippen LogP contribution >= 0.6 is 15.9 Å². The lowest BCUT2D eigenvalue weighted by Gasteiger charge is -2.34. The normalized spacial score (nSPS) is 21.5. The molecule has 1 aliphatic rings. The van der Waals surface area contributed by atoms with Gasteiger partial charge in [0.2, 0.25) is 0 Å². The van der Waals surface area contributed by atoms with Crippen molar-refractivity contribution in [3.8, 4) is 5.75 Å². The largest absolute Gasteiger partial charge is 0.483 e. The van der Waals surface area contributed by atoms with Gasteiger partial charge in [-0.05, 0) is 46.5 Å². The van der Waals surface area contributed by atoms with E-state index >= 15 is 0 Å². The molecule has 7 heteroatoms. The number of rotatable bonds is 4. The van der Waals surface area contributed by atoms with Crippen molar-refractivity contribution in [1.82, 2.24) is 4.90 Å². The molecule has 1 fully saturated rings. The Morgan fingerprint density at radius 2 is 2.23 bits per heavy atom. The first kappa shape index (κ1) is 16.7. The number of aliphatic carboxylic acids is 1. The Morgan fingerprint density at radius 3 is 2.82 bits per heavy atom. The molecule has 1 heterocycles. The monoisotopic (exact) mass is 373 g/mol. The second-order valence-corrected chi connectivity index (χ2v) is 6.27. The zero-order chi connectivity index (χ0) is 16.3. The van der Waals surface area contributed by atoms with E-state index in [0.717, 1.165) is 0 Å². The molecule has 1 aliphatic heterocycles. The molecule has 120 valence electrons. The molecule has 0 spiro atoms. The zero-order valence-electron chi connectivity index (χ0n) is 12.1. The second kappa shape index (κ2) is 7.09. The lowest BCUT2D eigenvalue weighted by molar-refractivity contribution is -0.148. The Labute approximate surface area is 136 Å². The summed E-state index contributed by atoms with van der Waals surface area (Å²) in [6, 6.07) is 3.97. The SMILES string of the molecule is CC1CN(C(=O)COc2ccc(F)cc2Br)CCC1C(=O)O. The molecule has 2 atom stereocenters. The number of carboxylic acids is 1. The molecule has 0 bridgehead atoms. The van der Waals surface area contributed by atoms with Gasteiger partial charge in [-0.1, -0.05) is 6.92 Å². The van der Waals surface area contributed by atoms with E-state index in [2.05, 4.69) is 15.9 Å². The molecule has 1 amide bonds. The fourth-order valence-electron chi connectivity index (χ4n) is 2.56. The Morgan fingerprint density at radius 1 is 1.50 bits per heavy atom. The number of nitrogens with zero attached hydrogens (tertiary/aromatic N) is 1. The van der Waals surface area contributed by atoms with Crippen LogP contribution in [-0.4, -0.2) is 41.6 Å². The Hall–Kier alpha value is -1.63. The minimum absolute atomic E-state index is 0.0900. The number of hydrogen-bond donors (Lipinski definition) is 1. The van der Waals surface area contributed by atoms with Crippen molar-refractivity contribution in [1.29, 1.82) is 0 Å². The van der Waals surface area contributed by atoms with Gasteiger partial charge in [0.1, 0.15) is 11.6 Å². The van der Waals surface area contributed by atoms with Crippen LogP contribution in [0.1, 0.15) is 13.3 Å². The van der Waals surface area contributed by atoms with Crippen molar-refractivity contribution in [2.45, 2.75) is 13.3 Å². The highest BCUT2D eigenvalue weighted by atomic mass is 79.9. The molecule has 1 aromatic carbocycles. The number of carbonyl (C=O) groups is 2.